The molecule has 0 fully saturated rings. The summed E-state index contributed by atoms with van der Waals surface area (Å²) in [6.45, 7) is 6.69. The molecule has 18 heavy (non-hydrogen) atoms. The largest absolute Gasteiger partial charge is 0.561 e. The third kappa shape index (κ3) is 1.71. The summed E-state index contributed by atoms with van der Waals surface area (Å²) >= 11 is 0. The lowest BCUT2D eigenvalue weighted by molar-refractivity contribution is -0.897. The molecule has 0 saturated heterocycles. The molecular weight excluding hydrogens is 236 g/mol. The Labute approximate surface area is 103 Å². The normalized spacial score (nSPS) is 12.7. The minimum absolute atomic E-state index is 0.227. The van der Waals surface area contributed by atoms with Gasteiger partial charge < -0.3 is 10.4 Å². The number of nitrogens with one attached hydrogen (secondary N) is 2. The Morgan fingerprint density at radius 1 is 0.778 bits per heavy atom. The summed E-state index contributed by atoms with van der Waals surface area (Å²) in [4.78, 5) is 0.554. The van der Waals surface area contributed by atoms with Crippen molar-refractivity contribution in [3.63, 3.8) is 0 Å². The van der Waals surface area contributed by atoms with E-state index in [1.54, 1.807) is 27.7 Å². The molecular formula is C10H14N6O2. The molecule has 0 saturated carbocycles. The highest BCUT2D eigenvalue weighted by Gasteiger charge is 2.27. The lowest BCUT2D eigenvalue weighted by atomic mass is 10.3. The van der Waals surface area contributed by atoms with E-state index in [-0.39, 0.29) is 21.1 Å². The fourth-order valence-electron chi connectivity index (χ4n) is 1.84. The summed E-state index contributed by atoms with van der Waals surface area (Å²) < 4.78 is 0. The van der Waals surface area contributed by atoms with Crippen molar-refractivity contribution in [2.45, 2.75) is 27.7 Å². The van der Waals surface area contributed by atoms with Gasteiger partial charge in [0.2, 0.25) is 0 Å². The van der Waals surface area contributed by atoms with Gasteiger partial charge in [-0.05, 0) is 27.7 Å². The molecule has 8 heteroatoms. The molecule has 0 aliphatic carbocycles. The topological polar surface area (TPSA) is 110 Å². The molecule has 2 aromatic rings. The molecule has 0 spiro atoms. The van der Waals surface area contributed by atoms with Crippen LogP contribution in [0.5, 0.6) is 0 Å². The predicted molar refractivity (Wildman–Crippen MR) is 62.7 cm³/mol. The zero-order valence-corrected chi connectivity index (χ0v) is 10.6. The SMILES string of the molecule is Cc1n[nH]c(C)c1/[N+]([O-])=[N+](\[O-])c1c(C)n[nH]c1C. The lowest BCUT2D eigenvalue weighted by Crippen LogP contribution is -2.10. The van der Waals surface area contributed by atoms with E-state index in [9.17, 15) is 10.4 Å². The Morgan fingerprint density at radius 2 is 1.11 bits per heavy atom. The first-order valence-electron chi connectivity index (χ1n) is 5.41. The molecule has 0 unspecified atom stereocenters. The van der Waals surface area contributed by atoms with Crippen LogP contribution < -0.4 is 0 Å². The molecule has 2 heterocycles. The van der Waals surface area contributed by atoms with Gasteiger partial charge in [0.25, 0.3) is 0 Å². The molecule has 0 aliphatic rings. The van der Waals surface area contributed by atoms with Crippen molar-refractivity contribution in [3.8, 4) is 0 Å². The fourth-order valence-corrected chi connectivity index (χ4v) is 1.84. The molecule has 0 amide bonds. The highest BCUT2D eigenvalue weighted by molar-refractivity contribution is 5.39. The van der Waals surface area contributed by atoms with E-state index in [1.807, 2.05) is 0 Å². The van der Waals surface area contributed by atoms with Gasteiger partial charge in [0, 0.05) is 0 Å². The molecule has 2 rings (SSSR count). The summed E-state index contributed by atoms with van der Waals surface area (Å²) in [7, 11) is 0. The van der Waals surface area contributed by atoms with Crippen LogP contribution in [0.3, 0.4) is 0 Å². The van der Waals surface area contributed by atoms with Crippen molar-refractivity contribution in [1.29, 1.82) is 0 Å². The first-order chi connectivity index (χ1) is 8.43. The van der Waals surface area contributed by atoms with E-state index in [1.165, 1.54) is 0 Å². The molecule has 2 aromatic heterocycles. The van der Waals surface area contributed by atoms with Gasteiger partial charge in [-0.3, -0.25) is 10.2 Å². The number of aromatic nitrogens is 4. The van der Waals surface area contributed by atoms with E-state index in [0.717, 1.165) is 0 Å². The van der Waals surface area contributed by atoms with Crippen molar-refractivity contribution >= 4 is 11.4 Å². The van der Waals surface area contributed by atoms with Gasteiger partial charge in [-0.15, -0.1) is 0 Å². The molecule has 0 bridgehead atoms. The zero-order chi connectivity index (χ0) is 13.4. The number of rotatable bonds is 2. The van der Waals surface area contributed by atoms with Crippen molar-refractivity contribution in [2.75, 3.05) is 0 Å². The standard InChI is InChI=1S/C10H14N6O2/c1-5-9(6(2)12-11-5)15(17)16(18)10-7(3)13-14-8(10)4/h1-4H3,(H,11,12)(H,13,14)/b16-15+. The number of aromatic amines is 2. The van der Waals surface area contributed by atoms with Crippen LogP contribution in [0.25, 0.3) is 0 Å². The lowest BCUT2D eigenvalue weighted by Gasteiger charge is -2.02. The second-order valence-corrected chi connectivity index (χ2v) is 4.11. The molecule has 8 nitrogen and oxygen atoms in total. The Kier molecular flexibility index (Phi) is 2.77. The van der Waals surface area contributed by atoms with Crippen LogP contribution >= 0.6 is 0 Å². The quantitative estimate of drug-likeness (QED) is 0.481. The molecule has 0 atom stereocenters. The van der Waals surface area contributed by atoms with Gasteiger partial charge >= 0.3 is 11.4 Å². The molecule has 2 N–H and O–H groups in total. The van der Waals surface area contributed by atoms with E-state index >= 15 is 0 Å². The maximum Gasteiger partial charge on any atom is 0.330 e. The first-order valence-corrected chi connectivity index (χ1v) is 5.41. The summed E-state index contributed by atoms with van der Waals surface area (Å²) in [5.74, 6) is 0. The minimum Gasteiger partial charge on any atom is -0.561 e. The Bertz CT molecular complexity index is 531. The number of hydrogen-bond donors (Lipinski definition) is 2. The maximum atomic E-state index is 12.1. The Balaban J connectivity index is 2.62. The van der Waals surface area contributed by atoms with Crippen LogP contribution in [0.15, 0.2) is 0 Å². The molecule has 96 valence electrons. The van der Waals surface area contributed by atoms with Gasteiger partial charge in [0.15, 0.2) is 0 Å². The number of aryl methyl sites for hydroxylation is 4. The Morgan fingerprint density at radius 3 is 1.33 bits per heavy atom. The summed E-state index contributed by atoms with van der Waals surface area (Å²) in [5.41, 5.74) is 2.49. The maximum absolute atomic E-state index is 12.1. The van der Waals surface area contributed by atoms with E-state index < -0.39 is 0 Å². The van der Waals surface area contributed by atoms with Crippen LogP contribution in [0.1, 0.15) is 22.8 Å². The number of azo groups is 1. The van der Waals surface area contributed by atoms with Crippen molar-refractivity contribution in [2.24, 2.45) is 0 Å². The van der Waals surface area contributed by atoms with Gasteiger partial charge in [0.1, 0.15) is 22.8 Å². The van der Waals surface area contributed by atoms with Crippen molar-refractivity contribution in [1.82, 2.24) is 20.4 Å². The third-order valence-corrected chi connectivity index (χ3v) is 2.73. The van der Waals surface area contributed by atoms with Crippen LogP contribution in [-0.4, -0.2) is 30.1 Å². The van der Waals surface area contributed by atoms with E-state index in [4.69, 9.17) is 0 Å². The summed E-state index contributed by atoms with van der Waals surface area (Å²) in [5, 5.41) is 37.3. The van der Waals surface area contributed by atoms with Crippen LogP contribution in [0.4, 0.5) is 11.4 Å². The highest BCUT2D eigenvalue weighted by atomic mass is 16.6. The highest BCUT2D eigenvalue weighted by Crippen LogP contribution is 2.25. The summed E-state index contributed by atoms with van der Waals surface area (Å²) in [6, 6.07) is 0. The fraction of sp³-hybridized carbons (Fsp3) is 0.400. The average Bonchev–Trinajstić information content (AvgIpc) is 2.81. The van der Waals surface area contributed by atoms with Gasteiger partial charge in [-0.1, -0.05) is 0 Å². The van der Waals surface area contributed by atoms with E-state index in [2.05, 4.69) is 20.4 Å². The number of nitrogens with zero attached hydrogens (tertiary/aromatic N) is 4. The molecule has 0 aliphatic heterocycles. The zero-order valence-electron chi connectivity index (χ0n) is 10.6. The second kappa shape index (κ2) is 4.13. The van der Waals surface area contributed by atoms with Gasteiger partial charge in [-0.2, -0.15) is 10.2 Å². The third-order valence-electron chi connectivity index (χ3n) is 2.73. The summed E-state index contributed by atoms with van der Waals surface area (Å²) in [6.07, 6.45) is 0. The second-order valence-electron chi connectivity index (χ2n) is 4.11. The molecule has 0 radical (unpaired) electrons. The van der Waals surface area contributed by atoms with E-state index in [0.29, 0.717) is 22.8 Å². The number of hydrogen-bond acceptors (Lipinski definition) is 4. The van der Waals surface area contributed by atoms with Crippen LogP contribution in [0.2, 0.25) is 0 Å². The van der Waals surface area contributed by atoms with Gasteiger partial charge in [0.05, 0.1) is 9.72 Å². The van der Waals surface area contributed by atoms with Crippen LogP contribution in [-0.2, 0) is 0 Å². The van der Waals surface area contributed by atoms with Gasteiger partial charge in [-0.25, -0.2) is 0 Å². The Hall–Kier alpha value is -2.38. The first kappa shape index (κ1) is 12.1. The smallest absolute Gasteiger partial charge is 0.330 e. The average molecular weight is 250 g/mol. The predicted octanol–water partition coefficient (Wildman–Crippen LogP) is 1.80. The van der Waals surface area contributed by atoms with Crippen molar-refractivity contribution in [3.05, 3.63) is 33.2 Å². The van der Waals surface area contributed by atoms with Crippen molar-refractivity contribution < 1.29 is 9.72 Å². The molecule has 0 aromatic carbocycles. The monoisotopic (exact) mass is 250 g/mol. The number of H-pyrrole nitrogens is 2. The minimum atomic E-state index is 0.227. The van der Waals surface area contributed by atoms with Crippen LogP contribution in [0, 0.1) is 38.1 Å².